The molecule has 162 valence electrons. The zero-order valence-corrected chi connectivity index (χ0v) is 19.0. The number of hydrogen-bond donors (Lipinski definition) is 1. The fraction of sp³-hybridized carbons (Fsp3) is 0.182. The second-order valence-corrected chi connectivity index (χ2v) is 8.97. The van der Waals surface area contributed by atoms with Gasteiger partial charge in [-0.15, -0.1) is 0 Å². The Bertz CT molecular complexity index is 1250. The van der Waals surface area contributed by atoms with E-state index in [0.29, 0.717) is 39.0 Å². The molecule has 0 atom stereocenters. The van der Waals surface area contributed by atoms with E-state index in [1.165, 1.54) is 11.8 Å². The Balaban J connectivity index is 1.46. The normalized spacial score (nSPS) is 19.2. The molecule has 2 aliphatic rings. The largest absolute Gasteiger partial charge is 0.378 e. The maximum atomic E-state index is 12.5. The van der Waals surface area contributed by atoms with Crippen molar-refractivity contribution >= 4 is 74.5 Å². The summed E-state index contributed by atoms with van der Waals surface area (Å²) in [6.07, 6.45) is 3.40. The molecule has 2 saturated heterocycles. The summed E-state index contributed by atoms with van der Waals surface area (Å²) in [5.74, 6) is 0.646. The van der Waals surface area contributed by atoms with Crippen molar-refractivity contribution in [3.05, 3.63) is 63.2 Å². The third-order valence-corrected chi connectivity index (χ3v) is 6.57. The molecule has 0 saturated carbocycles. The molecule has 2 aromatic carbocycles. The van der Waals surface area contributed by atoms with Crippen LogP contribution in [0.25, 0.3) is 17.0 Å². The first kappa shape index (κ1) is 21.2. The van der Waals surface area contributed by atoms with Crippen LogP contribution in [0.15, 0.2) is 52.6 Å². The number of thioether (sulfide) groups is 1. The van der Waals surface area contributed by atoms with Gasteiger partial charge in [0.25, 0.3) is 5.91 Å². The van der Waals surface area contributed by atoms with Crippen molar-refractivity contribution in [1.29, 1.82) is 0 Å². The number of rotatable bonds is 3. The fourth-order valence-corrected chi connectivity index (χ4v) is 4.82. The lowest BCUT2D eigenvalue weighted by molar-refractivity contribution is -0.115. The maximum Gasteiger partial charge on any atom is 0.264 e. The number of aromatic nitrogens is 2. The number of nitrogens with zero attached hydrogens (tertiary/aromatic N) is 4. The number of anilines is 1. The second kappa shape index (κ2) is 9.07. The summed E-state index contributed by atoms with van der Waals surface area (Å²) in [5, 5.41) is 4.97. The van der Waals surface area contributed by atoms with Crippen molar-refractivity contribution < 1.29 is 9.53 Å². The number of aliphatic imine (C=N–C) groups is 1. The third kappa shape index (κ3) is 4.31. The molecular weight excluding hydrogens is 469 g/mol. The molecule has 10 heteroatoms. The number of carbonyl (C=O) groups is 1. The van der Waals surface area contributed by atoms with Gasteiger partial charge in [-0.05, 0) is 47.7 Å². The van der Waals surface area contributed by atoms with Gasteiger partial charge in [0.2, 0.25) is 0 Å². The summed E-state index contributed by atoms with van der Waals surface area (Å²) in [6.45, 7) is 2.90. The number of amides is 1. The number of ether oxygens (including phenoxy) is 1. The van der Waals surface area contributed by atoms with Crippen LogP contribution in [-0.4, -0.2) is 47.3 Å². The van der Waals surface area contributed by atoms with Crippen LogP contribution in [0.5, 0.6) is 0 Å². The number of morpholine rings is 1. The summed E-state index contributed by atoms with van der Waals surface area (Å²) in [4.78, 5) is 28.6. The highest BCUT2D eigenvalue weighted by Crippen LogP contribution is 2.36. The molecule has 32 heavy (non-hydrogen) atoms. The van der Waals surface area contributed by atoms with Crippen LogP contribution in [-0.2, 0) is 9.53 Å². The van der Waals surface area contributed by atoms with E-state index in [-0.39, 0.29) is 5.91 Å². The molecule has 5 rings (SSSR count). The molecule has 0 bridgehead atoms. The zero-order valence-electron chi connectivity index (χ0n) is 16.7. The molecular formula is C22H17Cl2N5O2S. The average molecular weight is 486 g/mol. The van der Waals surface area contributed by atoms with Crippen LogP contribution in [0.2, 0.25) is 10.0 Å². The molecule has 2 aliphatic heterocycles. The molecule has 7 nitrogen and oxygen atoms in total. The number of fused-ring (bicyclic) bond motifs is 1. The highest BCUT2D eigenvalue weighted by atomic mass is 35.5. The van der Waals surface area contributed by atoms with Crippen molar-refractivity contribution in [1.82, 2.24) is 15.3 Å². The highest BCUT2D eigenvalue weighted by molar-refractivity contribution is 8.18. The predicted molar refractivity (Wildman–Crippen MR) is 130 cm³/mol. The molecule has 1 amide bonds. The van der Waals surface area contributed by atoms with Gasteiger partial charge in [0.05, 0.1) is 33.7 Å². The molecule has 0 spiro atoms. The Kier molecular flexibility index (Phi) is 6.01. The summed E-state index contributed by atoms with van der Waals surface area (Å²) in [5.41, 5.74) is 2.15. The Morgan fingerprint density at radius 3 is 2.69 bits per heavy atom. The second-order valence-electron chi connectivity index (χ2n) is 7.13. The van der Waals surface area contributed by atoms with Gasteiger partial charge in [-0.2, -0.15) is 0 Å². The molecule has 0 aliphatic carbocycles. The lowest BCUT2D eigenvalue weighted by atomic mass is 10.1. The number of carbonyl (C=O) groups excluding carboxylic acids is 1. The number of benzene rings is 2. The van der Waals surface area contributed by atoms with Crippen molar-refractivity contribution in [2.75, 3.05) is 31.2 Å². The van der Waals surface area contributed by atoms with E-state index < -0.39 is 0 Å². The van der Waals surface area contributed by atoms with Crippen LogP contribution < -0.4 is 10.2 Å². The van der Waals surface area contributed by atoms with E-state index >= 15 is 0 Å². The number of hydrogen-bond acceptors (Lipinski definition) is 7. The van der Waals surface area contributed by atoms with Crippen LogP contribution in [0, 0.1) is 0 Å². The van der Waals surface area contributed by atoms with E-state index in [2.05, 4.69) is 25.2 Å². The first-order valence-electron chi connectivity index (χ1n) is 9.89. The number of para-hydroxylation sites is 1. The van der Waals surface area contributed by atoms with Gasteiger partial charge in [-0.25, -0.2) is 15.0 Å². The lowest BCUT2D eigenvalue weighted by Gasteiger charge is -2.28. The van der Waals surface area contributed by atoms with Gasteiger partial charge < -0.3 is 15.0 Å². The monoisotopic (exact) mass is 485 g/mol. The van der Waals surface area contributed by atoms with Gasteiger partial charge in [-0.1, -0.05) is 35.3 Å². The minimum absolute atomic E-state index is 0.227. The smallest absolute Gasteiger partial charge is 0.264 e. The summed E-state index contributed by atoms with van der Waals surface area (Å²) >= 11 is 13.6. The van der Waals surface area contributed by atoms with Crippen LogP contribution in [0.1, 0.15) is 5.56 Å². The standard InChI is InChI=1S/C22H17Cl2N5O2S/c23-15-2-1-3-16(24)19(15)27-22-28-21(30)18(32-22)11-13-4-5-17-14(10-13)20(26-12-25-17)29-6-8-31-9-7-29/h1-5,10-12H,6-9H2,(H,27,28,30)/b18-11+. The minimum atomic E-state index is -0.227. The van der Waals surface area contributed by atoms with Gasteiger partial charge in [0, 0.05) is 18.5 Å². The number of nitrogens with one attached hydrogen (secondary N) is 1. The molecule has 3 aromatic rings. The quantitative estimate of drug-likeness (QED) is 0.543. The van der Waals surface area contributed by atoms with Gasteiger partial charge in [0.15, 0.2) is 5.17 Å². The average Bonchev–Trinajstić information content (AvgIpc) is 3.15. The predicted octanol–water partition coefficient (Wildman–Crippen LogP) is 4.66. The Morgan fingerprint density at radius 1 is 1.12 bits per heavy atom. The Labute approximate surface area is 198 Å². The molecule has 2 fully saturated rings. The number of amidine groups is 1. The van der Waals surface area contributed by atoms with Crippen molar-refractivity contribution in [3.8, 4) is 0 Å². The fourth-order valence-electron chi connectivity index (χ4n) is 3.51. The van der Waals surface area contributed by atoms with Crippen LogP contribution >= 0.6 is 35.0 Å². The van der Waals surface area contributed by atoms with E-state index in [4.69, 9.17) is 27.9 Å². The topological polar surface area (TPSA) is 79.7 Å². The zero-order chi connectivity index (χ0) is 22.1. The number of halogens is 2. The summed E-state index contributed by atoms with van der Waals surface area (Å²) in [6, 6.07) is 11.0. The van der Waals surface area contributed by atoms with E-state index in [1.807, 2.05) is 24.3 Å². The first-order chi connectivity index (χ1) is 15.6. The van der Waals surface area contributed by atoms with E-state index in [0.717, 1.165) is 35.4 Å². The van der Waals surface area contributed by atoms with E-state index in [1.54, 1.807) is 24.5 Å². The van der Waals surface area contributed by atoms with Crippen LogP contribution in [0.3, 0.4) is 0 Å². The van der Waals surface area contributed by atoms with Gasteiger partial charge in [-0.3, -0.25) is 4.79 Å². The Morgan fingerprint density at radius 2 is 1.91 bits per heavy atom. The minimum Gasteiger partial charge on any atom is -0.378 e. The van der Waals surface area contributed by atoms with E-state index in [9.17, 15) is 4.79 Å². The Hall–Kier alpha value is -2.65. The van der Waals surface area contributed by atoms with Gasteiger partial charge in [0.1, 0.15) is 17.8 Å². The maximum absolute atomic E-state index is 12.5. The van der Waals surface area contributed by atoms with Crippen molar-refractivity contribution in [2.45, 2.75) is 0 Å². The summed E-state index contributed by atoms with van der Waals surface area (Å²) < 4.78 is 5.46. The lowest BCUT2D eigenvalue weighted by Crippen LogP contribution is -2.36. The molecule has 1 N–H and O–H groups in total. The first-order valence-corrected chi connectivity index (χ1v) is 11.5. The highest BCUT2D eigenvalue weighted by Gasteiger charge is 2.25. The SMILES string of the molecule is O=C1NC(=Nc2c(Cl)cccc2Cl)S/C1=C/c1ccc2ncnc(N3CCOCC3)c2c1. The molecule has 0 unspecified atom stereocenters. The molecule has 3 heterocycles. The van der Waals surface area contributed by atoms with Gasteiger partial charge >= 0.3 is 0 Å². The van der Waals surface area contributed by atoms with Crippen LogP contribution in [0.4, 0.5) is 11.5 Å². The third-order valence-electron chi connectivity index (χ3n) is 5.05. The van der Waals surface area contributed by atoms with Crippen molar-refractivity contribution in [3.63, 3.8) is 0 Å². The summed E-state index contributed by atoms with van der Waals surface area (Å²) in [7, 11) is 0. The van der Waals surface area contributed by atoms with Crippen molar-refractivity contribution in [2.24, 2.45) is 4.99 Å². The molecule has 1 aromatic heterocycles. The molecule has 0 radical (unpaired) electrons.